The highest BCUT2D eigenvalue weighted by atomic mass is 14.9. The van der Waals surface area contributed by atoms with Gasteiger partial charge in [-0.1, -0.05) is 0 Å². The quantitative estimate of drug-likeness (QED) is 0.386. The Labute approximate surface area is 38.7 Å². The lowest BCUT2D eigenvalue weighted by Gasteiger charge is -1.76. The van der Waals surface area contributed by atoms with Crippen LogP contribution in [0.1, 0.15) is 1.43 Å². The molecular formula is C3H7BN2. The van der Waals surface area contributed by atoms with Crippen molar-refractivity contribution in [3.05, 3.63) is 18.7 Å². The zero-order valence-corrected chi connectivity index (χ0v) is 3.63. The van der Waals surface area contributed by atoms with Crippen LogP contribution in [0.2, 0.25) is 0 Å². The van der Waals surface area contributed by atoms with Crippen LogP contribution in [0.25, 0.3) is 0 Å². The molecule has 0 aromatic carbocycles. The molecule has 0 saturated carbocycles. The fourth-order valence-corrected chi connectivity index (χ4v) is 0.326. The lowest BCUT2D eigenvalue weighted by Crippen LogP contribution is -1.81. The Morgan fingerprint density at radius 3 is 2.83 bits per heavy atom. The maximum atomic E-state index is 3.78. The van der Waals surface area contributed by atoms with Crippen molar-refractivity contribution in [1.29, 1.82) is 0 Å². The van der Waals surface area contributed by atoms with Gasteiger partial charge in [-0.15, -0.1) is 0 Å². The Kier molecular flexibility index (Phi) is 0.672. The molecule has 0 bridgehead atoms. The van der Waals surface area contributed by atoms with E-state index in [1.165, 1.54) is 0 Å². The minimum Gasteiger partial charge on any atom is -0.389 e. The molecule has 0 saturated heterocycles. The van der Waals surface area contributed by atoms with Crippen LogP contribution in [0.5, 0.6) is 0 Å². The van der Waals surface area contributed by atoms with Gasteiger partial charge < -0.3 is 4.48 Å². The zero-order valence-electron chi connectivity index (χ0n) is 3.63. The Hall–Kier alpha value is -0.725. The second-order valence-corrected chi connectivity index (χ2v) is 1.23. The number of hydrogen-bond acceptors (Lipinski definition) is 1. The summed E-state index contributed by atoms with van der Waals surface area (Å²) in [4.78, 5) is 3.78. The van der Waals surface area contributed by atoms with Crippen LogP contribution in [-0.4, -0.2) is 17.4 Å². The van der Waals surface area contributed by atoms with Gasteiger partial charge in [0.1, 0.15) is 0 Å². The average Bonchev–Trinajstić information content (AvgIpc) is 1.86. The average molecular weight is 81.9 g/mol. The second-order valence-electron chi connectivity index (χ2n) is 1.23. The Bertz CT molecular complexity index is 116. The number of aromatic nitrogens is 2. The molecule has 0 amide bonds. The summed E-state index contributed by atoms with van der Waals surface area (Å²) in [7, 11) is 1.94. The Balaban J connectivity index is 0.000000360. The number of nitrogens with zero attached hydrogens (tertiary/aromatic N) is 2. The highest BCUT2D eigenvalue weighted by Gasteiger charge is 1.69. The maximum absolute atomic E-state index is 3.78. The van der Waals surface area contributed by atoms with Crippen LogP contribution in [-0.2, 0) is 0 Å². The van der Waals surface area contributed by atoms with Gasteiger partial charge in [0.2, 0.25) is 7.98 Å². The van der Waals surface area contributed by atoms with Crippen LogP contribution >= 0.6 is 0 Å². The molecule has 0 N–H and O–H groups in total. The molecule has 1 aromatic rings. The van der Waals surface area contributed by atoms with E-state index in [-0.39, 0.29) is 1.43 Å². The number of rotatable bonds is 0. The Morgan fingerprint density at radius 2 is 2.67 bits per heavy atom. The van der Waals surface area contributed by atoms with Gasteiger partial charge in [0.05, 0.1) is 6.33 Å². The normalized spacial score (nSPS) is 8.67. The van der Waals surface area contributed by atoms with Crippen LogP contribution in [0.3, 0.4) is 0 Å². The minimum atomic E-state index is 0. The maximum Gasteiger partial charge on any atom is 0.224 e. The summed E-state index contributed by atoms with van der Waals surface area (Å²) in [5.74, 6) is 0. The zero-order chi connectivity index (χ0) is 4.41. The third-order valence-electron chi connectivity index (χ3n) is 0.637. The molecule has 0 aliphatic heterocycles. The summed E-state index contributed by atoms with van der Waals surface area (Å²) in [6.07, 6.45) is 5.39. The highest BCUT2D eigenvalue weighted by molar-refractivity contribution is 6.06. The molecule has 1 aromatic heterocycles. The molecule has 3 heteroatoms. The summed E-state index contributed by atoms with van der Waals surface area (Å²) >= 11 is 0. The molecule has 0 spiro atoms. The molecule has 1 rings (SSSR count). The van der Waals surface area contributed by atoms with Crippen molar-refractivity contribution in [2.24, 2.45) is 0 Å². The predicted molar refractivity (Wildman–Crippen MR) is 28.3 cm³/mol. The van der Waals surface area contributed by atoms with Crippen molar-refractivity contribution in [2.75, 3.05) is 0 Å². The minimum absolute atomic E-state index is 0. The summed E-state index contributed by atoms with van der Waals surface area (Å²) < 4.78 is 1.89. The van der Waals surface area contributed by atoms with E-state index >= 15 is 0 Å². The number of imidazole rings is 1. The summed E-state index contributed by atoms with van der Waals surface area (Å²) in [5, 5.41) is 0. The first-order valence-corrected chi connectivity index (χ1v) is 1.81. The SMILES string of the molecule is Bn1ccnc1.[HH]. The van der Waals surface area contributed by atoms with Crippen molar-refractivity contribution in [3.8, 4) is 0 Å². The van der Waals surface area contributed by atoms with Gasteiger partial charge in [0, 0.05) is 13.8 Å². The van der Waals surface area contributed by atoms with E-state index in [1.54, 1.807) is 12.5 Å². The van der Waals surface area contributed by atoms with E-state index in [1.807, 2.05) is 18.7 Å². The molecule has 1 heterocycles. The molecule has 0 atom stereocenters. The van der Waals surface area contributed by atoms with E-state index in [0.717, 1.165) is 0 Å². The molecule has 0 aliphatic carbocycles. The molecule has 0 unspecified atom stereocenters. The largest absolute Gasteiger partial charge is 0.389 e. The van der Waals surface area contributed by atoms with Crippen molar-refractivity contribution in [2.45, 2.75) is 0 Å². The monoisotopic (exact) mass is 82.1 g/mol. The fraction of sp³-hybridized carbons (Fsp3) is 0. The molecular weight excluding hydrogens is 74.9 g/mol. The molecule has 6 heavy (non-hydrogen) atoms. The third-order valence-corrected chi connectivity index (χ3v) is 0.637. The van der Waals surface area contributed by atoms with Crippen LogP contribution in [0.15, 0.2) is 18.7 Å². The van der Waals surface area contributed by atoms with E-state index in [4.69, 9.17) is 0 Å². The van der Waals surface area contributed by atoms with E-state index in [9.17, 15) is 0 Å². The summed E-state index contributed by atoms with van der Waals surface area (Å²) in [6, 6.07) is 0. The smallest absolute Gasteiger partial charge is 0.224 e. The van der Waals surface area contributed by atoms with Gasteiger partial charge in [0.25, 0.3) is 0 Å². The molecule has 0 aliphatic rings. The van der Waals surface area contributed by atoms with E-state index in [2.05, 4.69) is 4.98 Å². The fourth-order valence-electron chi connectivity index (χ4n) is 0.326. The molecule has 2 nitrogen and oxygen atoms in total. The standard InChI is InChI=1S/C3H5BN2.H2/c4-6-2-1-5-3-6;/h1-3H,4H2;1H. The van der Waals surface area contributed by atoms with Crippen molar-refractivity contribution < 1.29 is 1.43 Å². The van der Waals surface area contributed by atoms with Crippen molar-refractivity contribution >= 4 is 7.98 Å². The Morgan fingerprint density at radius 1 is 1.83 bits per heavy atom. The lowest BCUT2D eigenvalue weighted by atomic mass is 10.4. The first-order chi connectivity index (χ1) is 2.89. The van der Waals surface area contributed by atoms with Gasteiger partial charge in [-0.05, 0) is 0 Å². The summed E-state index contributed by atoms with van der Waals surface area (Å²) in [5.41, 5.74) is 0. The van der Waals surface area contributed by atoms with Crippen LogP contribution in [0.4, 0.5) is 0 Å². The third kappa shape index (κ3) is 0.430. The van der Waals surface area contributed by atoms with Crippen LogP contribution in [0, 0.1) is 0 Å². The molecule has 32 valence electrons. The second kappa shape index (κ2) is 1.16. The topological polar surface area (TPSA) is 17.8 Å². The first kappa shape index (κ1) is 3.46. The number of hydrogen-bond donors (Lipinski definition) is 0. The van der Waals surface area contributed by atoms with Gasteiger partial charge in [-0.3, -0.25) is 0 Å². The lowest BCUT2D eigenvalue weighted by molar-refractivity contribution is 1.21. The van der Waals surface area contributed by atoms with Crippen molar-refractivity contribution in [1.82, 2.24) is 9.46 Å². The van der Waals surface area contributed by atoms with Crippen LogP contribution < -0.4 is 0 Å². The highest BCUT2D eigenvalue weighted by Crippen LogP contribution is 1.72. The van der Waals surface area contributed by atoms with Gasteiger partial charge >= 0.3 is 0 Å². The van der Waals surface area contributed by atoms with Gasteiger partial charge in [0.15, 0.2) is 0 Å². The predicted octanol–water partition coefficient (Wildman–Crippen LogP) is -0.475. The molecule has 0 radical (unpaired) electrons. The van der Waals surface area contributed by atoms with E-state index in [0.29, 0.717) is 0 Å². The van der Waals surface area contributed by atoms with E-state index < -0.39 is 0 Å². The first-order valence-electron chi connectivity index (χ1n) is 1.81. The summed E-state index contributed by atoms with van der Waals surface area (Å²) in [6.45, 7) is 0. The van der Waals surface area contributed by atoms with Crippen molar-refractivity contribution in [3.63, 3.8) is 0 Å². The van der Waals surface area contributed by atoms with Gasteiger partial charge in [-0.2, -0.15) is 0 Å². The molecule has 0 fully saturated rings. The van der Waals surface area contributed by atoms with Gasteiger partial charge in [-0.25, -0.2) is 4.98 Å².